The van der Waals surface area contributed by atoms with Gasteiger partial charge in [-0.2, -0.15) is 4.72 Å². The molecule has 8 nitrogen and oxygen atoms in total. The van der Waals surface area contributed by atoms with E-state index in [0.29, 0.717) is 13.0 Å². The molecule has 1 aliphatic heterocycles. The fourth-order valence-corrected chi connectivity index (χ4v) is 3.42. The standard InChI is InChI=1S/C14H14Cl2N2O6S/c15-10-4-3-9(6-11(10)16)25(22,23)17-7-14(21)24-8-13(20)18-5-1-2-12(18)19/h3-4,6,17H,1-2,5,7-8H2. The van der Waals surface area contributed by atoms with Crippen molar-refractivity contribution in [2.45, 2.75) is 17.7 Å². The van der Waals surface area contributed by atoms with E-state index in [1.165, 1.54) is 12.1 Å². The first-order valence-corrected chi connectivity index (χ1v) is 9.38. The van der Waals surface area contributed by atoms with Crippen molar-refractivity contribution in [3.8, 4) is 0 Å². The molecule has 2 rings (SSSR count). The lowest BCUT2D eigenvalue weighted by molar-refractivity contribution is -0.153. The highest BCUT2D eigenvalue weighted by Crippen LogP contribution is 2.24. The van der Waals surface area contributed by atoms with Gasteiger partial charge in [0.15, 0.2) is 6.61 Å². The summed E-state index contributed by atoms with van der Waals surface area (Å²) in [7, 11) is -4.00. The van der Waals surface area contributed by atoms with Gasteiger partial charge >= 0.3 is 5.97 Å². The third kappa shape index (κ3) is 5.15. The maximum atomic E-state index is 12.0. The summed E-state index contributed by atoms with van der Waals surface area (Å²) in [6, 6.07) is 3.67. The molecule has 11 heteroatoms. The first-order chi connectivity index (χ1) is 11.7. The van der Waals surface area contributed by atoms with Crippen molar-refractivity contribution in [1.29, 1.82) is 0 Å². The maximum Gasteiger partial charge on any atom is 0.321 e. The molecule has 1 aliphatic rings. The fourth-order valence-electron chi connectivity index (χ4n) is 2.06. The smallest absolute Gasteiger partial charge is 0.321 e. The summed E-state index contributed by atoms with van der Waals surface area (Å²) in [6.45, 7) is -1.01. The molecular formula is C14H14Cl2N2O6S. The van der Waals surface area contributed by atoms with Crippen LogP contribution in [0, 0.1) is 0 Å². The lowest BCUT2D eigenvalue weighted by Crippen LogP contribution is -2.37. The number of nitrogens with zero attached hydrogens (tertiary/aromatic N) is 1. The third-order valence-corrected chi connectivity index (χ3v) is 5.48. The Labute approximate surface area is 154 Å². The number of carbonyl (C=O) groups excluding carboxylic acids is 3. The predicted molar refractivity (Wildman–Crippen MR) is 88.6 cm³/mol. The molecular weight excluding hydrogens is 395 g/mol. The summed E-state index contributed by atoms with van der Waals surface area (Å²) < 4.78 is 30.8. The molecule has 0 saturated carbocycles. The molecule has 1 fully saturated rings. The Hall–Kier alpha value is -1.68. The van der Waals surface area contributed by atoms with Gasteiger partial charge in [0, 0.05) is 13.0 Å². The first kappa shape index (κ1) is 19.6. The van der Waals surface area contributed by atoms with Gasteiger partial charge in [0.25, 0.3) is 5.91 Å². The number of carbonyl (C=O) groups is 3. The number of imide groups is 1. The molecule has 0 aliphatic carbocycles. The number of likely N-dealkylation sites (tertiary alicyclic amines) is 1. The highest BCUT2D eigenvalue weighted by atomic mass is 35.5. The fraction of sp³-hybridized carbons (Fsp3) is 0.357. The minimum Gasteiger partial charge on any atom is -0.455 e. The summed E-state index contributed by atoms with van der Waals surface area (Å²) in [5, 5.41) is 0.239. The molecule has 0 radical (unpaired) electrons. The molecule has 1 aromatic carbocycles. The van der Waals surface area contributed by atoms with Crippen molar-refractivity contribution >= 4 is 51.0 Å². The van der Waals surface area contributed by atoms with E-state index >= 15 is 0 Å². The normalized spacial score (nSPS) is 14.6. The minimum atomic E-state index is -4.00. The van der Waals surface area contributed by atoms with Crippen molar-refractivity contribution in [2.24, 2.45) is 0 Å². The Morgan fingerprint density at radius 1 is 1.24 bits per heavy atom. The van der Waals surface area contributed by atoms with Crippen molar-refractivity contribution < 1.29 is 27.5 Å². The second-order valence-corrected chi connectivity index (χ2v) is 7.69. The van der Waals surface area contributed by atoms with Gasteiger partial charge in [-0.15, -0.1) is 0 Å². The zero-order valence-electron chi connectivity index (χ0n) is 12.8. The average molecular weight is 409 g/mol. The molecule has 0 unspecified atom stereocenters. The number of hydrogen-bond acceptors (Lipinski definition) is 6. The molecule has 1 N–H and O–H groups in total. The Bertz CT molecular complexity index is 812. The molecule has 1 heterocycles. The molecule has 0 spiro atoms. The van der Waals surface area contributed by atoms with Crippen LogP contribution in [0.25, 0.3) is 0 Å². The summed E-state index contributed by atoms with van der Waals surface area (Å²) in [5.41, 5.74) is 0. The van der Waals surface area contributed by atoms with E-state index in [0.717, 1.165) is 11.0 Å². The Morgan fingerprint density at radius 3 is 2.56 bits per heavy atom. The SMILES string of the molecule is O=C(CNS(=O)(=O)c1ccc(Cl)c(Cl)c1)OCC(=O)N1CCCC1=O. The van der Waals surface area contributed by atoms with Crippen LogP contribution in [-0.2, 0) is 29.1 Å². The molecule has 2 amide bonds. The average Bonchev–Trinajstić information content (AvgIpc) is 2.99. The van der Waals surface area contributed by atoms with Crippen LogP contribution in [0.2, 0.25) is 10.0 Å². The van der Waals surface area contributed by atoms with E-state index in [2.05, 4.69) is 4.74 Å². The lowest BCUT2D eigenvalue weighted by atomic mass is 10.4. The zero-order valence-corrected chi connectivity index (χ0v) is 15.2. The molecule has 136 valence electrons. The van der Waals surface area contributed by atoms with Gasteiger partial charge in [-0.25, -0.2) is 8.42 Å². The van der Waals surface area contributed by atoms with Crippen molar-refractivity contribution in [3.05, 3.63) is 28.2 Å². The third-order valence-electron chi connectivity index (χ3n) is 3.34. The number of amides is 2. The van der Waals surface area contributed by atoms with Gasteiger partial charge in [0.05, 0.1) is 14.9 Å². The number of esters is 1. The monoisotopic (exact) mass is 408 g/mol. The van der Waals surface area contributed by atoms with Crippen molar-refractivity contribution in [3.63, 3.8) is 0 Å². The van der Waals surface area contributed by atoms with Crippen LogP contribution in [0.5, 0.6) is 0 Å². The van der Waals surface area contributed by atoms with Crippen LogP contribution in [0.15, 0.2) is 23.1 Å². The molecule has 0 aromatic heterocycles. The molecule has 0 bridgehead atoms. The molecule has 1 aromatic rings. The number of benzene rings is 1. The molecule has 0 atom stereocenters. The summed E-state index contributed by atoms with van der Waals surface area (Å²) in [5.74, 6) is -1.91. The number of nitrogens with one attached hydrogen (secondary N) is 1. The second-order valence-electron chi connectivity index (χ2n) is 5.10. The quantitative estimate of drug-likeness (QED) is 0.701. The lowest BCUT2D eigenvalue weighted by Gasteiger charge is -2.13. The number of sulfonamides is 1. The van der Waals surface area contributed by atoms with Crippen LogP contribution in [0.1, 0.15) is 12.8 Å². The van der Waals surface area contributed by atoms with Gasteiger partial charge in [-0.05, 0) is 24.6 Å². The van der Waals surface area contributed by atoms with E-state index in [1.54, 1.807) is 0 Å². The van der Waals surface area contributed by atoms with Crippen LogP contribution in [0.4, 0.5) is 0 Å². The van der Waals surface area contributed by atoms with Crippen LogP contribution >= 0.6 is 23.2 Å². The van der Waals surface area contributed by atoms with E-state index in [9.17, 15) is 22.8 Å². The summed E-state index contributed by atoms with van der Waals surface area (Å²) >= 11 is 11.5. The Kier molecular flexibility index (Phi) is 6.39. The summed E-state index contributed by atoms with van der Waals surface area (Å²) in [4.78, 5) is 35.5. The number of halogens is 2. The highest BCUT2D eigenvalue weighted by Gasteiger charge is 2.27. The summed E-state index contributed by atoms with van der Waals surface area (Å²) in [6.07, 6.45) is 0.852. The Morgan fingerprint density at radius 2 is 1.96 bits per heavy atom. The van der Waals surface area contributed by atoms with Gasteiger partial charge in [0.2, 0.25) is 15.9 Å². The first-order valence-electron chi connectivity index (χ1n) is 7.14. The van der Waals surface area contributed by atoms with Gasteiger partial charge in [0.1, 0.15) is 6.54 Å². The minimum absolute atomic E-state index is 0.0491. The largest absolute Gasteiger partial charge is 0.455 e. The number of hydrogen-bond donors (Lipinski definition) is 1. The van der Waals surface area contributed by atoms with E-state index in [4.69, 9.17) is 23.2 Å². The second kappa shape index (κ2) is 8.13. The van der Waals surface area contributed by atoms with Crippen LogP contribution < -0.4 is 4.72 Å². The highest BCUT2D eigenvalue weighted by molar-refractivity contribution is 7.89. The predicted octanol–water partition coefficient (Wildman–Crippen LogP) is 0.964. The van der Waals surface area contributed by atoms with Crippen molar-refractivity contribution in [2.75, 3.05) is 19.7 Å². The van der Waals surface area contributed by atoms with Gasteiger partial charge in [-0.3, -0.25) is 19.3 Å². The number of rotatable bonds is 6. The Balaban J connectivity index is 1.85. The van der Waals surface area contributed by atoms with Crippen LogP contribution in [-0.4, -0.2) is 50.8 Å². The number of ether oxygens (including phenoxy) is 1. The zero-order chi connectivity index (χ0) is 18.6. The van der Waals surface area contributed by atoms with E-state index in [1.807, 2.05) is 4.72 Å². The van der Waals surface area contributed by atoms with Crippen molar-refractivity contribution in [1.82, 2.24) is 9.62 Å². The topological polar surface area (TPSA) is 110 Å². The molecule has 25 heavy (non-hydrogen) atoms. The van der Waals surface area contributed by atoms with Gasteiger partial charge < -0.3 is 4.74 Å². The van der Waals surface area contributed by atoms with E-state index in [-0.39, 0.29) is 27.3 Å². The van der Waals surface area contributed by atoms with E-state index < -0.39 is 35.1 Å². The molecule has 1 saturated heterocycles. The maximum absolute atomic E-state index is 12.0. The van der Waals surface area contributed by atoms with Gasteiger partial charge in [-0.1, -0.05) is 23.2 Å². The van der Waals surface area contributed by atoms with Crippen LogP contribution in [0.3, 0.4) is 0 Å².